The van der Waals surface area contributed by atoms with E-state index in [0.29, 0.717) is 24.2 Å². The molecule has 16 heteroatoms. The number of halogens is 3. The molecule has 3 aliphatic rings. The lowest BCUT2D eigenvalue weighted by molar-refractivity contribution is -0.0499. The second-order valence-electron chi connectivity index (χ2n) is 31.4. The number of benzene rings is 8. The topological polar surface area (TPSA) is 98.8 Å². The third-order valence-corrected chi connectivity index (χ3v) is 23.0. The summed E-state index contributed by atoms with van der Waals surface area (Å²) in [5.74, 6) is -0.326. The molecule has 100 heavy (non-hydrogen) atoms. The van der Waals surface area contributed by atoms with E-state index in [-0.39, 0.29) is 17.0 Å². The summed E-state index contributed by atoms with van der Waals surface area (Å²) >= 11 is 0. The lowest BCUT2D eigenvalue weighted by atomic mass is 9.68. The predicted molar refractivity (Wildman–Crippen MR) is 414 cm³/mol. The molecule has 538 valence electrons. The van der Waals surface area contributed by atoms with Gasteiger partial charge in [-0.3, -0.25) is 0 Å². The van der Waals surface area contributed by atoms with Gasteiger partial charge in [0.2, 0.25) is 0 Å². The van der Waals surface area contributed by atoms with Crippen molar-refractivity contribution >= 4 is 86.1 Å². The van der Waals surface area contributed by atoms with Gasteiger partial charge in [-0.2, -0.15) is 21.6 Å². The van der Waals surface area contributed by atoms with Crippen LogP contribution in [0.4, 0.5) is 13.2 Å². The number of aryl methyl sites for hydroxylation is 5. The highest BCUT2D eigenvalue weighted by Gasteiger charge is 2.55. The first-order valence-electron chi connectivity index (χ1n) is 37.4. The van der Waals surface area contributed by atoms with Gasteiger partial charge in [-0.15, -0.1) is 0 Å². The van der Waals surface area contributed by atoms with E-state index in [1.807, 2.05) is 71.0 Å². The number of hydrogen-bond acceptors (Lipinski definition) is 9. The Balaban J connectivity index is 0.000000210. The van der Waals surface area contributed by atoms with E-state index >= 15 is 0 Å². The molecule has 3 aliphatic heterocycles. The maximum Gasteiger partial charge on any atom is 0.534 e. The van der Waals surface area contributed by atoms with Crippen LogP contribution in [0.1, 0.15) is 241 Å². The van der Waals surface area contributed by atoms with Crippen LogP contribution in [0.5, 0.6) is 5.75 Å². The van der Waals surface area contributed by atoms with E-state index in [0.717, 1.165) is 107 Å². The van der Waals surface area contributed by atoms with Gasteiger partial charge >= 0.3 is 37.5 Å². The molecule has 3 fully saturated rings. The molecule has 11 rings (SSSR count). The van der Waals surface area contributed by atoms with Crippen molar-refractivity contribution in [3.8, 4) is 28.0 Å². The van der Waals surface area contributed by atoms with E-state index in [1.165, 1.54) is 115 Å². The second kappa shape index (κ2) is 32.5. The molecule has 0 aromatic heterocycles. The summed E-state index contributed by atoms with van der Waals surface area (Å²) in [6, 6.07) is 42.5. The molecule has 8 aromatic carbocycles. The Morgan fingerprint density at radius 1 is 0.370 bits per heavy atom. The molecule has 0 bridgehead atoms. The first-order chi connectivity index (χ1) is 47.1. The largest absolute Gasteiger partial charge is 0.534 e. The lowest BCUT2D eigenvalue weighted by Gasteiger charge is -2.32. The van der Waals surface area contributed by atoms with Gasteiger partial charge in [-0.05, 0) is 270 Å². The highest BCUT2D eigenvalue weighted by Crippen LogP contribution is 2.44. The van der Waals surface area contributed by atoms with Crippen molar-refractivity contribution in [2.75, 3.05) is 0 Å². The Kier molecular flexibility index (Phi) is 25.5. The third kappa shape index (κ3) is 18.6. The Labute approximate surface area is 598 Å². The zero-order chi connectivity index (χ0) is 72.6. The Morgan fingerprint density at radius 3 is 0.970 bits per heavy atom. The van der Waals surface area contributed by atoms with E-state index in [2.05, 4.69) is 156 Å². The Bertz CT molecular complexity index is 4060. The normalized spacial score (nSPS) is 17.4. The Hall–Kier alpha value is -5.71. The van der Waals surface area contributed by atoms with Crippen molar-refractivity contribution in [2.45, 2.75) is 285 Å². The minimum atomic E-state index is -5.85. The van der Waals surface area contributed by atoms with Crippen molar-refractivity contribution in [2.24, 2.45) is 0 Å². The zero-order valence-electron chi connectivity index (χ0n) is 63.3. The number of hydrogen-bond donors (Lipinski definition) is 0. The summed E-state index contributed by atoms with van der Waals surface area (Å²) in [5, 5.41) is 8.26. The minimum absolute atomic E-state index is 0.132. The molecule has 0 aliphatic carbocycles. The molecule has 3 saturated heterocycles. The van der Waals surface area contributed by atoms with Gasteiger partial charge in [0.1, 0.15) is 0 Å². The van der Waals surface area contributed by atoms with Gasteiger partial charge in [0.05, 0.1) is 33.6 Å². The summed E-state index contributed by atoms with van der Waals surface area (Å²) in [4.78, 5) is 0. The fourth-order valence-electron chi connectivity index (χ4n) is 13.4. The maximum atomic E-state index is 13.4. The molecule has 3 heterocycles. The summed E-state index contributed by atoms with van der Waals surface area (Å²) < 4.78 is 107. The number of rotatable bonds is 26. The first-order valence-corrected chi connectivity index (χ1v) is 38.8. The number of alkyl halides is 3. The predicted octanol–water partition coefficient (Wildman–Crippen LogP) is 21.8. The van der Waals surface area contributed by atoms with Crippen LogP contribution in [0, 0.1) is 6.92 Å². The van der Waals surface area contributed by atoms with Crippen LogP contribution in [-0.2, 0) is 63.7 Å². The average molecular weight is 1390 g/mol. The van der Waals surface area contributed by atoms with Crippen LogP contribution in [0.2, 0.25) is 0 Å². The number of unbranched alkanes of at least 4 members (excludes halogenated alkanes) is 12. The zero-order valence-corrected chi connectivity index (χ0v) is 64.1. The molecule has 9 nitrogen and oxygen atoms in total. The van der Waals surface area contributed by atoms with E-state index in [1.54, 1.807) is 6.07 Å². The lowest BCUT2D eigenvalue weighted by Crippen LogP contribution is -2.41. The average Bonchev–Trinajstić information content (AvgIpc) is 1.62. The van der Waals surface area contributed by atoms with Gasteiger partial charge < -0.3 is 32.1 Å². The van der Waals surface area contributed by atoms with Crippen molar-refractivity contribution in [3.05, 3.63) is 149 Å². The van der Waals surface area contributed by atoms with Crippen LogP contribution >= 0.6 is 0 Å². The van der Waals surface area contributed by atoms with Crippen LogP contribution in [0.25, 0.3) is 65.3 Å². The van der Waals surface area contributed by atoms with Crippen molar-refractivity contribution in [1.29, 1.82) is 0 Å². The molecule has 0 N–H and O–H groups in total. The van der Waals surface area contributed by atoms with Crippen LogP contribution in [0.15, 0.2) is 121 Å². The standard InChI is InChI=1S/C44H60B2O4.C34H39F3O3S.C6H13BO2/c1-11-13-15-17-19-31-21-23-33-27-37(39(29-35(33)25-31)45-47-41(3,4)42(5,6)48-45)38-28-34-24-22-32(20-18-16-14-12-2)26-36(34)30-40(38)46-49-43(7,8)44(9,10)50-46;1-4-6-8-10-12-25-14-16-27-21-31(24(3)18-29(27)19-25)32-22-28-17-15-26(13-11-9-7-5-2)20-30(28)23-33(32)40-41(38,39)34(35,36)37;1-5(2)6(3,4)9-7-8-5/h21-30H,11-20H2,1-10H3;14-23H,4-13H2,1-3H3;7H,1-4H3. The van der Waals surface area contributed by atoms with Gasteiger partial charge in [0.25, 0.3) is 0 Å². The molecule has 0 atom stereocenters. The monoisotopic (exact) mass is 1390 g/mol. The summed E-state index contributed by atoms with van der Waals surface area (Å²) in [6.45, 7) is 36.0. The van der Waals surface area contributed by atoms with Gasteiger partial charge in [0, 0.05) is 5.56 Å². The molecular weight excluding hydrogens is 1270 g/mol. The molecule has 0 unspecified atom stereocenters. The number of fused-ring (bicyclic) bond motifs is 4. The molecule has 0 amide bonds. The van der Waals surface area contributed by atoms with E-state index in [4.69, 9.17) is 32.1 Å². The first kappa shape index (κ1) is 78.4. The van der Waals surface area contributed by atoms with Gasteiger partial charge in [0.15, 0.2) is 5.75 Å². The highest BCUT2D eigenvalue weighted by atomic mass is 32.2. The molecule has 8 aromatic rings. The van der Waals surface area contributed by atoms with E-state index in [9.17, 15) is 21.6 Å². The summed E-state index contributed by atoms with van der Waals surface area (Å²) in [5.41, 5.74) is 3.47. The molecule has 0 saturated carbocycles. The smallest absolute Gasteiger partial charge is 0.406 e. The van der Waals surface area contributed by atoms with Crippen molar-refractivity contribution < 1.29 is 53.7 Å². The molecular formula is C84H112B3F3O9S. The third-order valence-electron chi connectivity index (χ3n) is 22.0. The van der Waals surface area contributed by atoms with Crippen LogP contribution in [0.3, 0.4) is 0 Å². The summed E-state index contributed by atoms with van der Waals surface area (Å²) in [6.07, 6.45) is 23.2. The fraction of sp³-hybridized carbons (Fsp3) is 0.524. The van der Waals surface area contributed by atoms with Crippen molar-refractivity contribution in [1.82, 2.24) is 0 Å². The molecule has 0 radical (unpaired) electrons. The van der Waals surface area contributed by atoms with E-state index < -0.39 is 52.3 Å². The maximum absolute atomic E-state index is 13.4. The summed E-state index contributed by atoms with van der Waals surface area (Å²) in [7, 11) is -6.45. The van der Waals surface area contributed by atoms with Crippen LogP contribution < -0.4 is 15.1 Å². The highest BCUT2D eigenvalue weighted by molar-refractivity contribution is 7.88. The van der Waals surface area contributed by atoms with Crippen molar-refractivity contribution in [3.63, 3.8) is 0 Å². The van der Waals surface area contributed by atoms with Crippen LogP contribution in [-0.4, -0.2) is 69.5 Å². The fourth-order valence-corrected chi connectivity index (χ4v) is 13.8. The molecule has 0 spiro atoms. The second-order valence-corrected chi connectivity index (χ2v) is 33.0. The SMILES string of the molecule is CC1(C)OBOC1(C)C.CCCCCCc1ccc2cc(-c3cc4ccc(CCCCCC)cc4cc3B3OC(C)(C)C(C)(C)O3)c(B3OC(C)(C)C(C)(C)O3)cc2c1.CCCCCCc1ccc2cc(-c3cc4ccc(CCCCCC)cc4cc3OS(=O)(=O)C(F)(F)F)c(C)cc2c1. The minimum Gasteiger partial charge on any atom is -0.406 e. The van der Waals surface area contributed by atoms with Gasteiger partial charge in [-0.1, -0.05) is 196 Å². The van der Waals surface area contributed by atoms with Gasteiger partial charge in [-0.25, -0.2) is 0 Å². The quantitative estimate of drug-likeness (QED) is 0.0227. The Morgan fingerprint density at radius 2 is 0.670 bits per heavy atom.